The van der Waals surface area contributed by atoms with Crippen molar-refractivity contribution in [2.75, 3.05) is 11.1 Å². The van der Waals surface area contributed by atoms with Crippen LogP contribution in [0.5, 0.6) is 10.9 Å². The molecule has 0 saturated heterocycles. The van der Waals surface area contributed by atoms with Gasteiger partial charge in [0.05, 0.1) is 27.9 Å². The molecule has 6 rings (SSSR count). The molecule has 1 saturated carbocycles. The standard InChI is InChI=1S/C38H45N3O4S2.CHF3O3S/c1-2-3-4-5-6-7-12-25-47(43,44)41-37(42)31-24-21-28(32-26-29-13-8-9-14-33(29)39-36(31)32)20-17-27-18-22-30(23-19-27)45-38-40-34-15-10-11-16-35(34)46-38;2-1(3,4)8(5,6)7/h8-11,13-16,18-19,22-23,26,28,31,36,39H,2-7,12,17,20-21,24-25H2,1H3,(H,41,42);(H,5,6,7). The number of aryl methyl sites for hydroxylation is 1. The summed E-state index contributed by atoms with van der Waals surface area (Å²) in [7, 11) is -9.52. The largest absolute Gasteiger partial charge is 0.522 e. The highest BCUT2D eigenvalue weighted by atomic mass is 32.2. The average Bonchev–Trinajstić information content (AvgIpc) is 3.55. The number of carbonyl (C=O) groups is 1. The number of anilines is 1. The molecule has 10 nitrogen and oxygen atoms in total. The zero-order valence-electron chi connectivity index (χ0n) is 30.4. The Hall–Kier alpha value is -3.99. The number of aromatic nitrogens is 1. The molecule has 3 aromatic carbocycles. The van der Waals surface area contributed by atoms with Gasteiger partial charge in [-0.2, -0.15) is 21.6 Å². The summed E-state index contributed by atoms with van der Waals surface area (Å²) in [4.78, 5) is 18.1. The van der Waals surface area contributed by atoms with E-state index in [2.05, 4.69) is 46.2 Å². The molecule has 2 aliphatic rings. The molecule has 298 valence electrons. The van der Waals surface area contributed by atoms with E-state index < -0.39 is 37.5 Å². The minimum atomic E-state index is -5.84. The topological polar surface area (TPSA) is 152 Å². The lowest BCUT2D eigenvalue weighted by atomic mass is 9.70. The molecular formula is C39H46F3N3O7S3. The molecular weight excluding hydrogens is 776 g/mol. The fourth-order valence-corrected chi connectivity index (χ4v) is 8.86. The Morgan fingerprint density at radius 2 is 1.58 bits per heavy atom. The van der Waals surface area contributed by atoms with E-state index in [1.165, 1.54) is 41.7 Å². The Morgan fingerprint density at radius 1 is 0.927 bits per heavy atom. The van der Waals surface area contributed by atoms with Crippen molar-refractivity contribution in [1.82, 2.24) is 9.71 Å². The third kappa shape index (κ3) is 12.0. The van der Waals surface area contributed by atoms with Gasteiger partial charge in [-0.15, -0.1) is 0 Å². The first-order valence-electron chi connectivity index (χ1n) is 18.4. The number of hydrogen-bond acceptors (Lipinski definition) is 9. The van der Waals surface area contributed by atoms with Gasteiger partial charge in [-0.1, -0.05) is 105 Å². The number of hydrogen-bond donors (Lipinski definition) is 3. The number of alkyl halides is 3. The highest BCUT2D eigenvalue weighted by Gasteiger charge is 2.44. The predicted octanol–water partition coefficient (Wildman–Crippen LogP) is 9.52. The number of thiazole rings is 1. The summed E-state index contributed by atoms with van der Waals surface area (Å²) >= 11 is 1.54. The van der Waals surface area contributed by atoms with E-state index in [1.54, 1.807) is 0 Å². The number of sulfonamides is 1. The lowest BCUT2D eigenvalue weighted by molar-refractivity contribution is -0.124. The van der Waals surface area contributed by atoms with E-state index in [0.29, 0.717) is 18.0 Å². The van der Waals surface area contributed by atoms with Crippen LogP contribution in [-0.2, 0) is 31.4 Å². The summed E-state index contributed by atoms with van der Waals surface area (Å²) < 4.78 is 92.9. The SMILES string of the molecule is CCCCCCCCCS(=O)(=O)NC(=O)C1CCC(CCc2ccc(Oc3nc4ccccc4s3)cc2)C2=Cc3ccccc3NC21.O=S(=O)(O)C(F)(F)F. The summed E-state index contributed by atoms with van der Waals surface area (Å²) in [6, 6.07) is 24.1. The molecule has 1 fully saturated rings. The van der Waals surface area contributed by atoms with Crippen LogP contribution in [0, 0.1) is 11.8 Å². The van der Waals surface area contributed by atoms with Crippen LogP contribution in [0.4, 0.5) is 18.9 Å². The van der Waals surface area contributed by atoms with Crippen LogP contribution in [-0.4, -0.2) is 49.6 Å². The quantitative estimate of drug-likeness (QED) is 0.0605. The highest BCUT2D eigenvalue weighted by Crippen LogP contribution is 2.43. The van der Waals surface area contributed by atoms with E-state index in [-0.39, 0.29) is 17.7 Å². The van der Waals surface area contributed by atoms with Gasteiger partial charge >= 0.3 is 15.6 Å². The monoisotopic (exact) mass is 821 g/mol. The molecule has 1 aliphatic heterocycles. The van der Waals surface area contributed by atoms with Crippen molar-refractivity contribution in [3.05, 3.63) is 89.5 Å². The Balaban J connectivity index is 0.000000654. The van der Waals surface area contributed by atoms with Crippen LogP contribution in [0.15, 0.2) is 78.4 Å². The third-order valence-corrected chi connectivity index (χ3v) is 12.6. The number of rotatable bonds is 15. The van der Waals surface area contributed by atoms with E-state index in [0.717, 1.165) is 65.7 Å². The van der Waals surface area contributed by atoms with Crippen molar-refractivity contribution >= 4 is 59.4 Å². The fraction of sp³-hybridized carbons (Fsp3) is 0.436. The van der Waals surface area contributed by atoms with Gasteiger partial charge < -0.3 is 10.1 Å². The third-order valence-electron chi connectivity index (χ3n) is 9.74. The zero-order chi connectivity index (χ0) is 39.6. The maximum absolute atomic E-state index is 13.5. The minimum Gasteiger partial charge on any atom is -0.431 e. The first-order chi connectivity index (χ1) is 26.1. The summed E-state index contributed by atoms with van der Waals surface area (Å²) in [5.74, 6) is 0.201. The maximum atomic E-state index is 13.5. The molecule has 0 radical (unpaired) electrons. The molecule has 4 aromatic rings. The van der Waals surface area contributed by atoms with Crippen LogP contribution in [0.2, 0.25) is 0 Å². The van der Waals surface area contributed by atoms with Gasteiger partial charge in [-0.05, 0) is 85.1 Å². The van der Waals surface area contributed by atoms with Gasteiger partial charge in [0.15, 0.2) is 0 Å². The summed E-state index contributed by atoms with van der Waals surface area (Å²) in [5, 5.41) is 4.25. The van der Waals surface area contributed by atoms with Gasteiger partial charge in [0, 0.05) is 5.69 Å². The number of unbranched alkanes of at least 4 members (excludes halogenated alkanes) is 6. The Morgan fingerprint density at radius 3 is 2.27 bits per heavy atom. The van der Waals surface area contributed by atoms with Gasteiger partial charge in [0.1, 0.15) is 5.75 Å². The van der Waals surface area contributed by atoms with Crippen molar-refractivity contribution in [3.8, 4) is 10.9 Å². The van der Waals surface area contributed by atoms with Crippen molar-refractivity contribution in [2.24, 2.45) is 11.8 Å². The number of carbonyl (C=O) groups excluding carboxylic acids is 1. The lowest BCUT2D eigenvalue weighted by Crippen LogP contribution is -2.48. The number of benzene rings is 3. The van der Waals surface area contributed by atoms with Crippen LogP contribution < -0.4 is 14.8 Å². The number of halogens is 3. The number of ether oxygens (including phenoxy) is 1. The van der Waals surface area contributed by atoms with Gasteiger partial charge in [-0.25, -0.2) is 13.4 Å². The second-order valence-electron chi connectivity index (χ2n) is 13.8. The summed E-state index contributed by atoms with van der Waals surface area (Å²) in [6.07, 6.45) is 12.8. The Bertz CT molecular complexity index is 2120. The number of fused-ring (bicyclic) bond motifs is 3. The highest BCUT2D eigenvalue weighted by molar-refractivity contribution is 7.90. The summed E-state index contributed by atoms with van der Waals surface area (Å²) in [5.41, 5.74) is -0.0990. The Labute approximate surface area is 324 Å². The molecule has 0 spiro atoms. The van der Waals surface area contributed by atoms with Crippen LogP contribution in [0.25, 0.3) is 16.3 Å². The molecule has 0 bridgehead atoms. The first-order valence-corrected chi connectivity index (χ1v) is 22.3. The van der Waals surface area contributed by atoms with E-state index >= 15 is 0 Å². The zero-order valence-corrected chi connectivity index (χ0v) is 32.9. The van der Waals surface area contributed by atoms with Crippen LogP contribution in [0.3, 0.4) is 0 Å². The Kier molecular flexibility index (Phi) is 14.4. The van der Waals surface area contributed by atoms with Crippen LogP contribution >= 0.6 is 11.3 Å². The molecule has 2 heterocycles. The number of para-hydroxylation sites is 2. The fourth-order valence-electron chi connectivity index (χ4n) is 6.88. The maximum Gasteiger partial charge on any atom is 0.522 e. The van der Waals surface area contributed by atoms with Crippen molar-refractivity contribution in [3.63, 3.8) is 0 Å². The van der Waals surface area contributed by atoms with Gasteiger partial charge in [0.25, 0.3) is 5.19 Å². The molecule has 16 heteroatoms. The second kappa shape index (κ2) is 18.8. The molecule has 1 amide bonds. The summed E-state index contributed by atoms with van der Waals surface area (Å²) in [6.45, 7) is 2.19. The molecule has 1 aromatic heterocycles. The van der Waals surface area contributed by atoms with Gasteiger partial charge in [-0.3, -0.25) is 14.1 Å². The second-order valence-corrected chi connectivity index (χ2v) is 18.0. The molecule has 3 unspecified atom stereocenters. The van der Waals surface area contributed by atoms with E-state index in [4.69, 9.17) is 17.7 Å². The number of nitrogens with zero attached hydrogens (tertiary/aromatic N) is 1. The number of amides is 1. The average molecular weight is 822 g/mol. The van der Waals surface area contributed by atoms with Crippen molar-refractivity contribution in [1.29, 1.82) is 0 Å². The lowest BCUT2D eigenvalue weighted by Gasteiger charge is -2.41. The van der Waals surface area contributed by atoms with Crippen molar-refractivity contribution in [2.45, 2.75) is 89.1 Å². The number of nitrogens with one attached hydrogen (secondary N) is 2. The van der Waals surface area contributed by atoms with Crippen molar-refractivity contribution < 1.29 is 44.1 Å². The predicted molar refractivity (Wildman–Crippen MR) is 210 cm³/mol. The molecule has 3 atom stereocenters. The smallest absolute Gasteiger partial charge is 0.431 e. The van der Waals surface area contributed by atoms with Crippen LogP contribution in [0.1, 0.15) is 82.3 Å². The molecule has 55 heavy (non-hydrogen) atoms. The molecule has 3 N–H and O–H groups in total. The van der Waals surface area contributed by atoms with Gasteiger partial charge in [0.2, 0.25) is 15.9 Å². The van der Waals surface area contributed by atoms with E-state index in [1.807, 2.05) is 54.6 Å². The minimum absolute atomic E-state index is 0.00405. The molecule has 1 aliphatic carbocycles. The van der Waals surface area contributed by atoms with E-state index in [9.17, 15) is 26.4 Å². The first kappa shape index (κ1) is 42.2. The normalized spacial score (nSPS) is 18.2.